The Morgan fingerprint density at radius 1 is 1.19 bits per heavy atom. The highest BCUT2D eigenvalue weighted by atomic mass is 32.2. The number of methoxy groups -OCH3 is 1. The number of hydrogen-bond donors (Lipinski definition) is 1. The summed E-state index contributed by atoms with van der Waals surface area (Å²) in [4.78, 5) is 23.8. The van der Waals surface area contributed by atoms with Gasteiger partial charge in [0.05, 0.1) is 16.9 Å². The number of thiophene rings is 1. The van der Waals surface area contributed by atoms with E-state index in [1.54, 1.807) is 29.6 Å². The Morgan fingerprint density at radius 3 is 2.45 bits per heavy atom. The second-order valence-electron chi connectivity index (χ2n) is 6.69. The predicted molar refractivity (Wildman–Crippen MR) is 117 cm³/mol. The zero-order chi connectivity index (χ0) is 22.6. The summed E-state index contributed by atoms with van der Waals surface area (Å²) in [6.07, 6.45) is 0. The van der Waals surface area contributed by atoms with Gasteiger partial charge in [0.25, 0.3) is 11.6 Å². The lowest BCUT2D eigenvalue weighted by Crippen LogP contribution is -2.31. The molecule has 0 aliphatic carbocycles. The molecule has 31 heavy (non-hydrogen) atoms. The minimum atomic E-state index is -3.80. The van der Waals surface area contributed by atoms with Gasteiger partial charge < -0.3 is 10.1 Å². The molecule has 0 radical (unpaired) electrons. The van der Waals surface area contributed by atoms with Gasteiger partial charge in [-0.1, -0.05) is 6.07 Å². The minimum Gasteiger partial charge on any atom is -0.497 e. The predicted octanol–water partition coefficient (Wildman–Crippen LogP) is 3.92. The summed E-state index contributed by atoms with van der Waals surface area (Å²) in [5, 5.41) is 14.4. The summed E-state index contributed by atoms with van der Waals surface area (Å²) in [7, 11) is -2.31. The Kier molecular flexibility index (Phi) is 6.71. The Morgan fingerprint density at radius 2 is 1.90 bits per heavy atom. The van der Waals surface area contributed by atoms with E-state index in [9.17, 15) is 23.3 Å². The van der Waals surface area contributed by atoms with Crippen LogP contribution in [0.15, 0.2) is 64.9 Å². The Labute approximate surface area is 183 Å². The number of sulfone groups is 1. The van der Waals surface area contributed by atoms with Gasteiger partial charge in [0, 0.05) is 28.6 Å². The van der Waals surface area contributed by atoms with Crippen LogP contribution >= 0.6 is 11.3 Å². The van der Waals surface area contributed by atoms with Crippen molar-refractivity contribution in [3.05, 3.63) is 86.1 Å². The minimum absolute atomic E-state index is 0.0879. The van der Waals surface area contributed by atoms with E-state index in [1.807, 2.05) is 0 Å². The number of ether oxygens (including phenoxy) is 1. The lowest BCUT2D eigenvalue weighted by molar-refractivity contribution is -0.385. The van der Waals surface area contributed by atoms with Crippen molar-refractivity contribution in [1.29, 1.82) is 0 Å². The first kappa shape index (κ1) is 22.4. The highest BCUT2D eigenvalue weighted by molar-refractivity contribution is 7.91. The highest BCUT2D eigenvalue weighted by Crippen LogP contribution is 2.32. The van der Waals surface area contributed by atoms with Gasteiger partial charge in [-0.15, -0.1) is 11.3 Å². The number of rotatable bonds is 8. The Hall–Kier alpha value is -3.24. The van der Waals surface area contributed by atoms with Crippen LogP contribution in [0, 0.1) is 17.0 Å². The van der Waals surface area contributed by atoms with E-state index in [0.717, 1.165) is 0 Å². The Bertz CT molecular complexity index is 1190. The van der Waals surface area contributed by atoms with Crippen molar-refractivity contribution in [2.45, 2.75) is 17.1 Å². The first-order chi connectivity index (χ1) is 14.7. The van der Waals surface area contributed by atoms with Crippen molar-refractivity contribution in [3.8, 4) is 5.75 Å². The van der Waals surface area contributed by atoms with Gasteiger partial charge in [0.2, 0.25) is 0 Å². The van der Waals surface area contributed by atoms with E-state index in [0.29, 0.717) is 16.2 Å². The lowest BCUT2D eigenvalue weighted by atomic mass is 10.1. The van der Waals surface area contributed by atoms with Crippen LogP contribution in [0.1, 0.15) is 26.0 Å². The molecule has 8 nitrogen and oxygen atoms in total. The molecule has 1 heterocycles. The third-order valence-corrected chi connectivity index (χ3v) is 7.96. The maximum absolute atomic E-state index is 13.3. The van der Waals surface area contributed by atoms with Gasteiger partial charge in [-0.2, -0.15) is 0 Å². The Balaban J connectivity index is 1.84. The number of amides is 1. The number of carbonyl (C=O) groups is 1. The number of hydrogen-bond acceptors (Lipinski definition) is 7. The molecule has 2 aromatic carbocycles. The normalized spacial score (nSPS) is 12.2. The second kappa shape index (κ2) is 9.27. The monoisotopic (exact) mass is 460 g/mol. The number of aryl methyl sites for hydroxylation is 1. The van der Waals surface area contributed by atoms with Crippen LogP contribution in [-0.2, 0) is 9.84 Å². The van der Waals surface area contributed by atoms with E-state index >= 15 is 0 Å². The molecule has 0 spiro atoms. The number of carbonyl (C=O) groups excluding carboxylic acids is 1. The molecule has 0 bridgehead atoms. The van der Waals surface area contributed by atoms with Crippen LogP contribution in [0.2, 0.25) is 0 Å². The topological polar surface area (TPSA) is 116 Å². The molecule has 0 aliphatic rings. The fourth-order valence-corrected chi connectivity index (χ4v) is 5.84. The van der Waals surface area contributed by atoms with Crippen LogP contribution in [-0.4, -0.2) is 32.9 Å². The van der Waals surface area contributed by atoms with Crippen LogP contribution in [0.5, 0.6) is 5.75 Å². The van der Waals surface area contributed by atoms with Gasteiger partial charge in [-0.25, -0.2) is 8.42 Å². The van der Waals surface area contributed by atoms with Crippen molar-refractivity contribution in [3.63, 3.8) is 0 Å². The molecule has 0 saturated heterocycles. The number of nitrogens with zero attached hydrogens (tertiary/aromatic N) is 1. The molecular formula is C21H20N2O6S2. The maximum atomic E-state index is 13.3. The molecule has 0 aliphatic heterocycles. The average Bonchev–Trinajstić information content (AvgIpc) is 3.27. The smallest absolute Gasteiger partial charge is 0.272 e. The highest BCUT2D eigenvalue weighted by Gasteiger charge is 2.30. The van der Waals surface area contributed by atoms with Crippen LogP contribution < -0.4 is 10.1 Å². The van der Waals surface area contributed by atoms with Crippen LogP contribution in [0.4, 0.5) is 5.69 Å². The first-order valence-electron chi connectivity index (χ1n) is 9.18. The number of benzene rings is 2. The second-order valence-corrected chi connectivity index (χ2v) is 9.80. The van der Waals surface area contributed by atoms with Crippen LogP contribution in [0.3, 0.4) is 0 Å². The molecular weight excluding hydrogens is 440 g/mol. The molecule has 10 heteroatoms. The van der Waals surface area contributed by atoms with Gasteiger partial charge >= 0.3 is 0 Å². The van der Waals surface area contributed by atoms with Crippen molar-refractivity contribution in [2.24, 2.45) is 0 Å². The third kappa shape index (κ3) is 4.92. The largest absolute Gasteiger partial charge is 0.497 e. The van der Waals surface area contributed by atoms with Crippen molar-refractivity contribution in [2.75, 3.05) is 13.7 Å². The third-order valence-electron chi connectivity index (χ3n) is 4.73. The van der Waals surface area contributed by atoms with Crippen molar-refractivity contribution >= 4 is 32.8 Å². The van der Waals surface area contributed by atoms with Gasteiger partial charge in [0.1, 0.15) is 11.0 Å². The summed E-state index contributed by atoms with van der Waals surface area (Å²) < 4.78 is 31.7. The standard InChI is InChI=1S/C21H20N2O6S2/c1-14-12-15(5-10-18(14)23(25)26)21(24)22-13-20(19-4-3-11-30-19)31(27,28)17-8-6-16(29-2)7-9-17/h3-12,20H,13H2,1-2H3,(H,22,24)/t20-/m1/s1. The maximum Gasteiger partial charge on any atom is 0.272 e. The lowest BCUT2D eigenvalue weighted by Gasteiger charge is -2.18. The molecule has 3 aromatic rings. The zero-order valence-electron chi connectivity index (χ0n) is 16.8. The van der Waals surface area contributed by atoms with Gasteiger partial charge in [-0.05, 0) is 54.8 Å². The van der Waals surface area contributed by atoms with E-state index in [-0.39, 0.29) is 22.7 Å². The van der Waals surface area contributed by atoms with Gasteiger partial charge in [0.15, 0.2) is 9.84 Å². The zero-order valence-corrected chi connectivity index (χ0v) is 18.4. The SMILES string of the molecule is COc1ccc(S(=O)(=O)[C@H](CNC(=O)c2ccc([N+](=O)[O-])c(C)c2)c2cccs2)cc1. The fraction of sp³-hybridized carbons (Fsp3) is 0.190. The quantitative estimate of drug-likeness (QED) is 0.402. The number of nitrogens with one attached hydrogen (secondary N) is 1. The van der Waals surface area contributed by atoms with E-state index in [2.05, 4.69) is 5.32 Å². The summed E-state index contributed by atoms with van der Waals surface area (Å²) >= 11 is 1.29. The van der Waals surface area contributed by atoms with E-state index in [4.69, 9.17) is 4.74 Å². The summed E-state index contributed by atoms with van der Waals surface area (Å²) in [5.41, 5.74) is 0.475. The molecule has 1 N–H and O–H groups in total. The summed E-state index contributed by atoms with van der Waals surface area (Å²) in [6.45, 7) is 1.39. The van der Waals surface area contributed by atoms with E-state index in [1.165, 1.54) is 55.7 Å². The molecule has 0 unspecified atom stereocenters. The molecule has 3 rings (SSSR count). The molecule has 162 valence electrons. The average molecular weight is 461 g/mol. The first-order valence-corrected chi connectivity index (χ1v) is 11.6. The number of nitro benzene ring substituents is 1. The van der Waals surface area contributed by atoms with Crippen molar-refractivity contribution in [1.82, 2.24) is 5.32 Å². The van der Waals surface area contributed by atoms with Crippen molar-refractivity contribution < 1.29 is 22.9 Å². The summed E-state index contributed by atoms with van der Waals surface area (Å²) in [6, 6.07) is 13.5. The molecule has 1 atom stereocenters. The molecule has 1 amide bonds. The summed E-state index contributed by atoms with van der Waals surface area (Å²) in [5.74, 6) is 0.0259. The fourth-order valence-electron chi connectivity index (χ4n) is 3.06. The number of nitro groups is 1. The van der Waals surface area contributed by atoms with E-state index < -0.39 is 25.9 Å². The molecule has 1 aromatic heterocycles. The van der Waals surface area contributed by atoms with Crippen LogP contribution in [0.25, 0.3) is 0 Å². The molecule has 0 fully saturated rings. The molecule has 0 saturated carbocycles. The van der Waals surface area contributed by atoms with Gasteiger partial charge in [-0.3, -0.25) is 14.9 Å².